The number of benzene rings is 3. The SMILES string of the molecule is CCOC(=O)COc1c(I)cc(I)cc1/C=c1\sc2n(c1=O)[C@@H](c1ccc(F)cc1)C(C(=O)OCC)=C(c1ccccc1)N=2. The van der Waals surface area contributed by atoms with Crippen molar-refractivity contribution in [3.63, 3.8) is 0 Å². The van der Waals surface area contributed by atoms with Gasteiger partial charge in [-0.3, -0.25) is 9.36 Å². The smallest absolute Gasteiger partial charge is 0.344 e. The summed E-state index contributed by atoms with van der Waals surface area (Å²) in [4.78, 5) is 45.0. The van der Waals surface area contributed by atoms with E-state index >= 15 is 0 Å². The van der Waals surface area contributed by atoms with Gasteiger partial charge < -0.3 is 14.2 Å². The first-order valence-corrected chi connectivity index (χ1v) is 16.5. The Bertz CT molecular complexity index is 1940. The Balaban J connectivity index is 1.76. The van der Waals surface area contributed by atoms with Crippen LogP contribution in [0.4, 0.5) is 4.39 Å². The largest absolute Gasteiger partial charge is 0.480 e. The van der Waals surface area contributed by atoms with Crippen LogP contribution in [0, 0.1) is 13.0 Å². The number of thiazole rings is 1. The van der Waals surface area contributed by atoms with Gasteiger partial charge in [0.2, 0.25) is 0 Å². The molecular formula is C32H25FI2N2O6S. The molecule has 0 saturated carbocycles. The van der Waals surface area contributed by atoms with Gasteiger partial charge in [0.05, 0.1) is 38.6 Å². The molecule has 4 aromatic rings. The van der Waals surface area contributed by atoms with Crippen molar-refractivity contribution in [1.82, 2.24) is 4.57 Å². The van der Waals surface area contributed by atoms with Gasteiger partial charge in [0.15, 0.2) is 11.4 Å². The average Bonchev–Trinajstić information content (AvgIpc) is 3.31. The molecule has 0 radical (unpaired) electrons. The van der Waals surface area contributed by atoms with Crippen LogP contribution >= 0.6 is 56.5 Å². The number of hydrogen-bond donors (Lipinski definition) is 0. The highest BCUT2D eigenvalue weighted by molar-refractivity contribution is 14.1. The molecule has 1 aliphatic heterocycles. The molecule has 8 nitrogen and oxygen atoms in total. The highest BCUT2D eigenvalue weighted by Gasteiger charge is 2.35. The molecule has 0 amide bonds. The summed E-state index contributed by atoms with van der Waals surface area (Å²) in [5.41, 5.74) is 1.92. The Morgan fingerprint density at radius 2 is 1.73 bits per heavy atom. The molecule has 0 spiro atoms. The van der Waals surface area contributed by atoms with Gasteiger partial charge in [0.1, 0.15) is 11.6 Å². The van der Waals surface area contributed by atoms with E-state index in [0.29, 0.717) is 37.5 Å². The molecule has 0 fully saturated rings. The van der Waals surface area contributed by atoms with E-state index in [1.54, 1.807) is 32.1 Å². The van der Waals surface area contributed by atoms with E-state index in [1.807, 2.05) is 42.5 Å². The van der Waals surface area contributed by atoms with Gasteiger partial charge in [-0.15, -0.1) is 0 Å². The first-order chi connectivity index (χ1) is 21.2. The number of carbonyl (C=O) groups is 2. The van der Waals surface area contributed by atoms with Crippen molar-refractivity contribution < 1.29 is 28.2 Å². The number of hydrogen-bond acceptors (Lipinski definition) is 8. The molecule has 2 heterocycles. The molecule has 0 aliphatic carbocycles. The summed E-state index contributed by atoms with van der Waals surface area (Å²) in [6.07, 6.45) is 1.69. The van der Waals surface area contributed by atoms with Crippen LogP contribution < -0.4 is 19.6 Å². The second kappa shape index (κ2) is 14.2. The van der Waals surface area contributed by atoms with Crippen LogP contribution in [-0.4, -0.2) is 36.3 Å². The van der Waals surface area contributed by atoms with Gasteiger partial charge in [0, 0.05) is 14.7 Å². The molecule has 3 aromatic carbocycles. The third-order valence-electron chi connectivity index (χ3n) is 6.52. The number of rotatable bonds is 9. The zero-order valence-electron chi connectivity index (χ0n) is 23.5. The Kier molecular flexibility index (Phi) is 10.3. The van der Waals surface area contributed by atoms with Crippen LogP contribution in [0.15, 0.2) is 82.1 Å². The molecule has 5 rings (SSSR count). The summed E-state index contributed by atoms with van der Waals surface area (Å²) in [6.45, 7) is 3.47. The number of ether oxygens (including phenoxy) is 3. The molecule has 1 aromatic heterocycles. The molecule has 44 heavy (non-hydrogen) atoms. The lowest BCUT2D eigenvalue weighted by Gasteiger charge is -2.25. The standard InChI is InChI=1S/C32H25FI2N2O6S/c1-3-41-25(38)17-43-29-20(14-22(34)16-23(29)35)15-24-30(39)37-28(19-10-12-21(33)13-11-19)26(31(40)42-4-2)27(36-32(37)44-24)18-8-6-5-7-9-18/h5-16,28H,3-4,17H2,1-2H3/b24-15-/t28-/m0/s1. The number of aromatic nitrogens is 1. The topological polar surface area (TPSA) is 96.2 Å². The number of fused-ring (bicyclic) bond motifs is 1. The Labute approximate surface area is 283 Å². The lowest BCUT2D eigenvalue weighted by molar-refractivity contribution is -0.145. The van der Waals surface area contributed by atoms with Crippen molar-refractivity contribution >= 4 is 80.2 Å². The summed E-state index contributed by atoms with van der Waals surface area (Å²) in [5, 5.41) is 0. The summed E-state index contributed by atoms with van der Waals surface area (Å²) in [7, 11) is 0. The van der Waals surface area contributed by atoms with E-state index in [2.05, 4.69) is 45.2 Å². The summed E-state index contributed by atoms with van der Waals surface area (Å²) >= 11 is 5.44. The highest BCUT2D eigenvalue weighted by atomic mass is 127. The van der Waals surface area contributed by atoms with Crippen molar-refractivity contribution in [2.75, 3.05) is 19.8 Å². The second-order valence-electron chi connectivity index (χ2n) is 9.38. The molecule has 1 aliphatic rings. The van der Waals surface area contributed by atoms with Gasteiger partial charge in [0.25, 0.3) is 5.56 Å². The van der Waals surface area contributed by atoms with Crippen LogP contribution in [-0.2, 0) is 19.1 Å². The molecule has 1 atom stereocenters. The Morgan fingerprint density at radius 3 is 2.41 bits per heavy atom. The van der Waals surface area contributed by atoms with Crippen LogP contribution in [0.5, 0.6) is 5.75 Å². The fourth-order valence-corrected chi connectivity index (χ4v) is 7.75. The fraction of sp³-hybridized carbons (Fsp3) is 0.188. The van der Waals surface area contributed by atoms with Gasteiger partial charge in [-0.25, -0.2) is 19.0 Å². The van der Waals surface area contributed by atoms with E-state index in [1.165, 1.54) is 16.7 Å². The summed E-state index contributed by atoms with van der Waals surface area (Å²) < 4.78 is 33.8. The van der Waals surface area contributed by atoms with Crippen molar-refractivity contribution in [2.45, 2.75) is 19.9 Å². The molecule has 12 heteroatoms. The van der Waals surface area contributed by atoms with E-state index in [-0.39, 0.29) is 25.4 Å². The first-order valence-electron chi connectivity index (χ1n) is 13.5. The minimum atomic E-state index is -0.932. The van der Waals surface area contributed by atoms with Crippen LogP contribution in [0.2, 0.25) is 0 Å². The number of esters is 2. The normalized spacial score (nSPS) is 14.6. The van der Waals surface area contributed by atoms with Crippen molar-refractivity contribution in [1.29, 1.82) is 0 Å². The Morgan fingerprint density at radius 1 is 1.02 bits per heavy atom. The van der Waals surface area contributed by atoms with Crippen molar-refractivity contribution in [3.8, 4) is 5.75 Å². The second-order valence-corrected chi connectivity index (χ2v) is 12.8. The predicted molar refractivity (Wildman–Crippen MR) is 181 cm³/mol. The number of halogens is 3. The fourth-order valence-electron chi connectivity index (χ4n) is 4.72. The maximum absolute atomic E-state index is 14.2. The van der Waals surface area contributed by atoms with Crippen molar-refractivity contribution in [2.24, 2.45) is 4.99 Å². The van der Waals surface area contributed by atoms with E-state index < -0.39 is 29.4 Å². The van der Waals surface area contributed by atoms with Crippen LogP contribution in [0.1, 0.15) is 36.6 Å². The monoisotopic (exact) mass is 838 g/mol. The molecule has 0 saturated heterocycles. The highest BCUT2D eigenvalue weighted by Crippen LogP contribution is 2.35. The Hall–Kier alpha value is -3.37. The lowest BCUT2D eigenvalue weighted by atomic mass is 9.93. The summed E-state index contributed by atoms with van der Waals surface area (Å²) in [5.74, 6) is -1.15. The van der Waals surface area contributed by atoms with Gasteiger partial charge in [-0.05, 0) is 94.9 Å². The van der Waals surface area contributed by atoms with E-state index in [4.69, 9.17) is 19.2 Å². The number of nitrogens with zero attached hydrogens (tertiary/aromatic N) is 2. The van der Waals surface area contributed by atoms with E-state index in [0.717, 1.165) is 18.5 Å². The van der Waals surface area contributed by atoms with Crippen LogP contribution in [0.3, 0.4) is 0 Å². The third kappa shape index (κ3) is 6.81. The molecule has 226 valence electrons. The molecule has 0 unspecified atom stereocenters. The molecule has 0 bridgehead atoms. The van der Waals surface area contributed by atoms with E-state index in [9.17, 15) is 18.8 Å². The predicted octanol–water partition coefficient (Wildman–Crippen LogP) is 5.23. The zero-order valence-corrected chi connectivity index (χ0v) is 28.6. The minimum Gasteiger partial charge on any atom is -0.480 e. The maximum atomic E-state index is 14.2. The molecule has 0 N–H and O–H groups in total. The summed E-state index contributed by atoms with van der Waals surface area (Å²) in [6, 6.07) is 17.7. The third-order valence-corrected chi connectivity index (χ3v) is 8.93. The molecular weight excluding hydrogens is 813 g/mol. The maximum Gasteiger partial charge on any atom is 0.344 e. The number of carbonyl (C=O) groups excluding carboxylic acids is 2. The van der Waals surface area contributed by atoms with Gasteiger partial charge in [-0.1, -0.05) is 53.8 Å². The lowest BCUT2D eigenvalue weighted by Crippen LogP contribution is -2.40. The van der Waals surface area contributed by atoms with Gasteiger partial charge >= 0.3 is 11.9 Å². The zero-order chi connectivity index (χ0) is 31.4. The first kappa shape index (κ1) is 32.0. The van der Waals surface area contributed by atoms with Crippen molar-refractivity contribution in [3.05, 3.63) is 122 Å². The quantitative estimate of drug-likeness (QED) is 0.170. The average molecular weight is 838 g/mol. The minimum absolute atomic E-state index is 0.116. The van der Waals surface area contributed by atoms with Gasteiger partial charge in [-0.2, -0.15) is 0 Å². The van der Waals surface area contributed by atoms with Crippen LogP contribution in [0.25, 0.3) is 11.8 Å².